The molecule has 0 aliphatic carbocycles. The standard InChI is InChI=1S/C17H27ClN2S/c1-3-11-20(12-4-2)13-9-17(15-19,8-6-10-18)16-7-5-14-21-16/h5,7,14H,3-4,6,8-13H2,1-2H3. The van der Waals surface area contributed by atoms with Gasteiger partial charge in [-0.25, -0.2) is 0 Å². The van der Waals surface area contributed by atoms with Gasteiger partial charge in [0.15, 0.2) is 0 Å². The lowest BCUT2D eigenvalue weighted by Crippen LogP contribution is -2.33. The number of rotatable bonds is 11. The van der Waals surface area contributed by atoms with Crippen molar-refractivity contribution in [2.24, 2.45) is 0 Å². The van der Waals surface area contributed by atoms with Crippen LogP contribution in [0.25, 0.3) is 0 Å². The highest BCUT2D eigenvalue weighted by atomic mass is 35.5. The van der Waals surface area contributed by atoms with Crippen LogP contribution in [0.4, 0.5) is 0 Å². The fourth-order valence-electron chi connectivity index (χ4n) is 2.77. The third-order valence-corrected chi connectivity index (χ3v) is 5.22. The molecule has 4 heteroatoms. The average molecular weight is 327 g/mol. The van der Waals surface area contributed by atoms with Crippen molar-refractivity contribution in [1.29, 1.82) is 5.26 Å². The van der Waals surface area contributed by atoms with Gasteiger partial charge in [0.05, 0.1) is 11.5 Å². The molecule has 0 spiro atoms. The van der Waals surface area contributed by atoms with Crippen LogP contribution in [0.1, 0.15) is 50.8 Å². The Balaban J connectivity index is 2.79. The smallest absolute Gasteiger partial charge is 0.0927 e. The molecule has 0 radical (unpaired) electrons. The highest BCUT2D eigenvalue weighted by Crippen LogP contribution is 2.36. The van der Waals surface area contributed by atoms with E-state index in [2.05, 4.69) is 36.3 Å². The van der Waals surface area contributed by atoms with Gasteiger partial charge in [0.1, 0.15) is 0 Å². The van der Waals surface area contributed by atoms with Crippen LogP contribution in [0, 0.1) is 11.3 Å². The average Bonchev–Trinajstić information content (AvgIpc) is 3.03. The number of nitriles is 1. The Morgan fingerprint density at radius 1 is 1.24 bits per heavy atom. The fraction of sp³-hybridized carbons (Fsp3) is 0.706. The topological polar surface area (TPSA) is 27.0 Å². The molecule has 2 nitrogen and oxygen atoms in total. The van der Waals surface area contributed by atoms with E-state index in [4.69, 9.17) is 11.6 Å². The van der Waals surface area contributed by atoms with Crippen molar-refractivity contribution in [3.63, 3.8) is 0 Å². The first-order chi connectivity index (χ1) is 10.2. The predicted molar refractivity (Wildman–Crippen MR) is 93.2 cm³/mol. The summed E-state index contributed by atoms with van der Waals surface area (Å²) in [6.07, 6.45) is 5.00. The lowest BCUT2D eigenvalue weighted by atomic mass is 9.80. The molecular formula is C17H27ClN2S. The van der Waals surface area contributed by atoms with Crippen molar-refractivity contribution < 1.29 is 0 Å². The number of hydrogen-bond acceptors (Lipinski definition) is 3. The quantitative estimate of drug-likeness (QED) is 0.533. The minimum Gasteiger partial charge on any atom is -0.303 e. The van der Waals surface area contributed by atoms with Gasteiger partial charge in [0.2, 0.25) is 0 Å². The van der Waals surface area contributed by atoms with Crippen molar-refractivity contribution in [1.82, 2.24) is 4.90 Å². The van der Waals surface area contributed by atoms with Crippen LogP contribution < -0.4 is 0 Å². The van der Waals surface area contributed by atoms with Gasteiger partial charge in [-0.2, -0.15) is 5.26 Å². The number of hydrogen-bond donors (Lipinski definition) is 0. The van der Waals surface area contributed by atoms with E-state index in [1.165, 1.54) is 17.7 Å². The molecule has 1 atom stereocenters. The molecule has 118 valence electrons. The summed E-state index contributed by atoms with van der Waals surface area (Å²) in [7, 11) is 0. The van der Waals surface area contributed by atoms with Gasteiger partial charge < -0.3 is 4.90 Å². The minimum absolute atomic E-state index is 0.358. The Hall–Kier alpha value is -0.560. The predicted octanol–water partition coefficient (Wildman–Crippen LogP) is 5.04. The fourth-order valence-corrected chi connectivity index (χ4v) is 3.84. The first kappa shape index (κ1) is 18.5. The van der Waals surface area contributed by atoms with Crippen molar-refractivity contribution >= 4 is 22.9 Å². The Morgan fingerprint density at radius 2 is 1.95 bits per heavy atom. The van der Waals surface area contributed by atoms with Gasteiger partial charge in [-0.15, -0.1) is 22.9 Å². The summed E-state index contributed by atoms with van der Waals surface area (Å²) in [5.74, 6) is 0.627. The SMILES string of the molecule is CCCN(CCC)CCC(C#N)(CCCCl)c1cccs1. The van der Waals surface area contributed by atoms with Crippen LogP contribution in [0.15, 0.2) is 17.5 Å². The van der Waals surface area contributed by atoms with E-state index in [9.17, 15) is 5.26 Å². The molecule has 0 aromatic carbocycles. The second kappa shape index (κ2) is 10.2. The first-order valence-corrected chi connectivity index (χ1v) is 9.37. The number of halogens is 1. The van der Waals surface area contributed by atoms with Crippen LogP contribution in [0.5, 0.6) is 0 Å². The van der Waals surface area contributed by atoms with Gasteiger partial charge >= 0.3 is 0 Å². The van der Waals surface area contributed by atoms with Crippen LogP contribution in [0.2, 0.25) is 0 Å². The molecule has 0 bridgehead atoms. The normalized spacial score (nSPS) is 14.0. The molecule has 21 heavy (non-hydrogen) atoms. The maximum atomic E-state index is 9.84. The van der Waals surface area contributed by atoms with Gasteiger partial charge in [0, 0.05) is 17.3 Å². The van der Waals surface area contributed by atoms with Crippen molar-refractivity contribution in [3.8, 4) is 6.07 Å². The molecule has 1 aromatic rings. The highest BCUT2D eigenvalue weighted by molar-refractivity contribution is 7.10. The largest absolute Gasteiger partial charge is 0.303 e. The molecule has 0 saturated carbocycles. The zero-order valence-electron chi connectivity index (χ0n) is 13.3. The van der Waals surface area contributed by atoms with Gasteiger partial charge in [-0.05, 0) is 56.6 Å². The summed E-state index contributed by atoms with van der Waals surface area (Å²) >= 11 is 7.57. The maximum absolute atomic E-state index is 9.84. The molecule has 0 amide bonds. The van der Waals surface area contributed by atoms with E-state index in [-0.39, 0.29) is 5.41 Å². The second-order valence-corrected chi connectivity index (χ2v) is 6.88. The Kier molecular flexibility index (Phi) is 8.99. The summed E-state index contributed by atoms with van der Waals surface area (Å²) < 4.78 is 0. The Labute approximate surface area is 138 Å². The van der Waals surface area contributed by atoms with Crippen LogP contribution in [0.3, 0.4) is 0 Å². The van der Waals surface area contributed by atoms with E-state index < -0.39 is 0 Å². The van der Waals surface area contributed by atoms with Crippen LogP contribution in [-0.4, -0.2) is 30.4 Å². The summed E-state index contributed by atoms with van der Waals surface area (Å²) in [5.41, 5.74) is -0.358. The van der Waals surface area contributed by atoms with Crippen molar-refractivity contribution in [2.75, 3.05) is 25.5 Å². The zero-order chi connectivity index (χ0) is 15.6. The first-order valence-electron chi connectivity index (χ1n) is 7.96. The second-order valence-electron chi connectivity index (χ2n) is 5.56. The lowest BCUT2D eigenvalue weighted by Gasteiger charge is -2.29. The maximum Gasteiger partial charge on any atom is 0.0927 e. The summed E-state index contributed by atoms with van der Waals surface area (Å²) in [4.78, 5) is 3.68. The van der Waals surface area contributed by atoms with Gasteiger partial charge in [-0.1, -0.05) is 19.9 Å². The Bertz CT molecular complexity index is 407. The third kappa shape index (κ3) is 5.62. The molecule has 0 saturated heterocycles. The lowest BCUT2D eigenvalue weighted by molar-refractivity contribution is 0.249. The van der Waals surface area contributed by atoms with E-state index in [0.29, 0.717) is 5.88 Å². The van der Waals surface area contributed by atoms with E-state index in [1.54, 1.807) is 11.3 Å². The summed E-state index contributed by atoms with van der Waals surface area (Å²) in [6.45, 7) is 7.67. The number of thiophene rings is 1. The molecule has 1 aromatic heterocycles. The van der Waals surface area contributed by atoms with Gasteiger partial charge in [0.25, 0.3) is 0 Å². The van der Waals surface area contributed by atoms with Crippen molar-refractivity contribution in [3.05, 3.63) is 22.4 Å². The summed E-state index contributed by atoms with van der Waals surface area (Å²) in [6, 6.07) is 6.77. The molecular weight excluding hydrogens is 300 g/mol. The molecule has 0 fully saturated rings. The minimum atomic E-state index is -0.358. The van der Waals surface area contributed by atoms with Gasteiger partial charge in [-0.3, -0.25) is 0 Å². The molecule has 1 rings (SSSR count). The number of nitrogens with zero attached hydrogens (tertiary/aromatic N) is 2. The molecule has 0 N–H and O–H groups in total. The van der Waals surface area contributed by atoms with Crippen molar-refractivity contribution in [2.45, 2.75) is 51.4 Å². The molecule has 1 heterocycles. The Morgan fingerprint density at radius 3 is 2.43 bits per heavy atom. The monoisotopic (exact) mass is 326 g/mol. The highest BCUT2D eigenvalue weighted by Gasteiger charge is 2.33. The molecule has 0 aliphatic rings. The zero-order valence-corrected chi connectivity index (χ0v) is 14.8. The number of alkyl halides is 1. The van der Waals surface area contributed by atoms with E-state index >= 15 is 0 Å². The van der Waals surface area contributed by atoms with E-state index in [0.717, 1.165) is 38.9 Å². The van der Waals surface area contributed by atoms with Crippen LogP contribution >= 0.6 is 22.9 Å². The molecule has 1 unspecified atom stereocenters. The molecule has 0 aliphatic heterocycles. The van der Waals surface area contributed by atoms with E-state index in [1.807, 2.05) is 6.07 Å². The van der Waals surface area contributed by atoms with Crippen LogP contribution in [-0.2, 0) is 5.41 Å². The third-order valence-electron chi connectivity index (χ3n) is 3.88. The summed E-state index contributed by atoms with van der Waals surface area (Å²) in [5, 5.41) is 11.9.